The van der Waals surface area contributed by atoms with Gasteiger partial charge in [-0.2, -0.15) is 8.78 Å². The van der Waals surface area contributed by atoms with Crippen LogP contribution in [0.1, 0.15) is 20.3 Å². The Labute approximate surface area is 122 Å². The van der Waals surface area contributed by atoms with E-state index in [0.717, 1.165) is 6.42 Å². The van der Waals surface area contributed by atoms with E-state index in [9.17, 15) is 13.6 Å². The minimum Gasteiger partial charge on any atom is -0.497 e. The molecule has 0 spiro atoms. The van der Waals surface area contributed by atoms with E-state index in [1.165, 1.54) is 25.3 Å². The molecule has 0 bridgehead atoms. The summed E-state index contributed by atoms with van der Waals surface area (Å²) in [4.78, 5) is 11.8. The van der Waals surface area contributed by atoms with Crippen LogP contribution in [-0.2, 0) is 4.79 Å². The van der Waals surface area contributed by atoms with Gasteiger partial charge in [-0.3, -0.25) is 4.79 Å². The Kier molecular flexibility index (Phi) is 6.87. The summed E-state index contributed by atoms with van der Waals surface area (Å²) in [5, 5.41) is 5.54. The van der Waals surface area contributed by atoms with Gasteiger partial charge in [0.1, 0.15) is 11.5 Å². The molecule has 0 aliphatic rings. The number of carbonyl (C=O) groups is 1. The van der Waals surface area contributed by atoms with Crippen LogP contribution in [0.15, 0.2) is 18.2 Å². The van der Waals surface area contributed by atoms with Crippen LogP contribution < -0.4 is 20.1 Å². The van der Waals surface area contributed by atoms with E-state index in [2.05, 4.69) is 15.4 Å². The smallest absolute Gasteiger partial charge is 0.387 e. The Morgan fingerprint density at radius 3 is 2.67 bits per heavy atom. The van der Waals surface area contributed by atoms with Gasteiger partial charge in [-0.05, 0) is 25.5 Å². The second-order valence-corrected chi connectivity index (χ2v) is 4.48. The first kappa shape index (κ1) is 17.2. The third-order valence-corrected chi connectivity index (χ3v) is 2.90. The Balaban J connectivity index is 2.76. The van der Waals surface area contributed by atoms with E-state index < -0.39 is 6.61 Å². The number of ether oxygens (including phenoxy) is 2. The largest absolute Gasteiger partial charge is 0.497 e. The molecule has 7 heteroatoms. The summed E-state index contributed by atoms with van der Waals surface area (Å²) in [7, 11) is 1.44. The maximum Gasteiger partial charge on any atom is 0.387 e. The molecule has 5 nitrogen and oxygen atoms in total. The van der Waals surface area contributed by atoms with Crippen molar-refractivity contribution in [1.82, 2.24) is 5.32 Å². The zero-order chi connectivity index (χ0) is 15.8. The fraction of sp³-hybridized carbons (Fsp3) is 0.500. The molecule has 1 rings (SSSR count). The summed E-state index contributed by atoms with van der Waals surface area (Å²) < 4.78 is 34.1. The predicted molar refractivity (Wildman–Crippen MR) is 76.0 cm³/mol. The molecule has 0 aliphatic carbocycles. The van der Waals surface area contributed by atoms with Gasteiger partial charge in [0.05, 0.1) is 19.3 Å². The highest BCUT2D eigenvalue weighted by Crippen LogP contribution is 2.30. The van der Waals surface area contributed by atoms with Gasteiger partial charge in [-0.1, -0.05) is 6.92 Å². The number of amides is 1. The molecule has 0 radical (unpaired) electrons. The molecule has 1 aromatic rings. The van der Waals surface area contributed by atoms with E-state index in [0.29, 0.717) is 5.75 Å². The number of hydrogen-bond donors (Lipinski definition) is 2. The minimum atomic E-state index is -2.97. The molecule has 0 aromatic heterocycles. The normalized spacial score (nSPS) is 12.1. The number of halogens is 2. The van der Waals surface area contributed by atoms with Crippen LogP contribution in [0.5, 0.6) is 11.5 Å². The van der Waals surface area contributed by atoms with Crippen molar-refractivity contribution in [3.05, 3.63) is 18.2 Å². The predicted octanol–water partition coefficient (Wildman–Crippen LogP) is 2.62. The van der Waals surface area contributed by atoms with Gasteiger partial charge in [0.2, 0.25) is 5.91 Å². The maximum absolute atomic E-state index is 12.3. The van der Waals surface area contributed by atoms with Gasteiger partial charge in [-0.25, -0.2) is 0 Å². The first-order valence-corrected chi connectivity index (χ1v) is 6.62. The standard InChI is InChI=1S/C14H20F2N2O3/c1-4-9(2)17-8-13(19)18-11-7-10(20-3)5-6-12(11)21-14(15)16/h5-7,9,14,17H,4,8H2,1-3H3,(H,18,19). The van der Waals surface area contributed by atoms with E-state index in [1.54, 1.807) is 0 Å². The van der Waals surface area contributed by atoms with Crippen molar-refractivity contribution >= 4 is 11.6 Å². The first-order chi connectivity index (χ1) is 9.96. The highest BCUT2D eigenvalue weighted by molar-refractivity contribution is 5.94. The van der Waals surface area contributed by atoms with Gasteiger partial charge < -0.3 is 20.1 Å². The SMILES string of the molecule is CCC(C)NCC(=O)Nc1cc(OC)ccc1OC(F)F. The first-order valence-electron chi connectivity index (χ1n) is 6.62. The molecule has 0 saturated carbocycles. The van der Waals surface area contributed by atoms with Crippen LogP contribution in [-0.4, -0.2) is 32.2 Å². The zero-order valence-corrected chi connectivity index (χ0v) is 12.3. The molecule has 2 N–H and O–H groups in total. The molecule has 0 fully saturated rings. The number of anilines is 1. The van der Waals surface area contributed by atoms with Gasteiger partial charge in [0.25, 0.3) is 0 Å². The van der Waals surface area contributed by atoms with Crippen molar-refractivity contribution in [2.45, 2.75) is 32.9 Å². The lowest BCUT2D eigenvalue weighted by molar-refractivity contribution is -0.115. The third-order valence-electron chi connectivity index (χ3n) is 2.90. The van der Waals surface area contributed by atoms with Crippen LogP contribution in [0, 0.1) is 0 Å². The summed E-state index contributed by atoms with van der Waals surface area (Å²) in [6.45, 7) is 1.06. The average molecular weight is 302 g/mol. The fourth-order valence-electron chi connectivity index (χ4n) is 1.54. The summed E-state index contributed by atoms with van der Waals surface area (Å²) >= 11 is 0. The molecule has 1 amide bonds. The third kappa shape index (κ3) is 5.95. The number of nitrogens with one attached hydrogen (secondary N) is 2. The Morgan fingerprint density at radius 2 is 2.10 bits per heavy atom. The zero-order valence-electron chi connectivity index (χ0n) is 12.3. The molecular formula is C14H20F2N2O3. The van der Waals surface area contributed by atoms with Crippen molar-refractivity contribution in [3.63, 3.8) is 0 Å². The number of carbonyl (C=O) groups excluding carboxylic acids is 1. The molecule has 21 heavy (non-hydrogen) atoms. The monoisotopic (exact) mass is 302 g/mol. The molecule has 0 saturated heterocycles. The number of methoxy groups -OCH3 is 1. The Hall–Kier alpha value is -1.89. The van der Waals surface area contributed by atoms with Crippen LogP contribution in [0.3, 0.4) is 0 Å². The summed E-state index contributed by atoms with van der Waals surface area (Å²) in [6.07, 6.45) is 0.881. The van der Waals surface area contributed by atoms with Crippen LogP contribution >= 0.6 is 0 Å². The molecule has 118 valence electrons. The molecular weight excluding hydrogens is 282 g/mol. The quantitative estimate of drug-likeness (QED) is 0.775. The highest BCUT2D eigenvalue weighted by Gasteiger charge is 2.13. The minimum absolute atomic E-state index is 0.0837. The number of alkyl halides is 2. The molecule has 1 unspecified atom stereocenters. The van der Waals surface area contributed by atoms with Crippen molar-refractivity contribution < 1.29 is 23.0 Å². The maximum atomic E-state index is 12.3. The highest BCUT2D eigenvalue weighted by atomic mass is 19.3. The van der Waals surface area contributed by atoms with Crippen molar-refractivity contribution in [2.75, 3.05) is 19.0 Å². The van der Waals surface area contributed by atoms with Gasteiger partial charge in [-0.15, -0.1) is 0 Å². The van der Waals surface area contributed by atoms with Crippen molar-refractivity contribution in [1.29, 1.82) is 0 Å². The van der Waals surface area contributed by atoms with Crippen LogP contribution in [0.25, 0.3) is 0 Å². The van der Waals surface area contributed by atoms with E-state index >= 15 is 0 Å². The van der Waals surface area contributed by atoms with Crippen molar-refractivity contribution in [3.8, 4) is 11.5 Å². The van der Waals surface area contributed by atoms with E-state index in [1.807, 2.05) is 13.8 Å². The van der Waals surface area contributed by atoms with Gasteiger partial charge in [0.15, 0.2) is 0 Å². The number of benzene rings is 1. The lowest BCUT2D eigenvalue weighted by Crippen LogP contribution is -2.34. The average Bonchev–Trinajstić information content (AvgIpc) is 2.46. The second kappa shape index (κ2) is 8.41. The second-order valence-electron chi connectivity index (χ2n) is 4.48. The number of hydrogen-bond acceptors (Lipinski definition) is 4. The lowest BCUT2D eigenvalue weighted by atomic mass is 10.2. The van der Waals surface area contributed by atoms with Crippen molar-refractivity contribution in [2.24, 2.45) is 0 Å². The van der Waals surface area contributed by atoms with Gasteiger partial charge in [0, 0.05) is 12.1 Å². The molecule has 1 aromatic carbocycles. The van der Waals surface area contributed by atoms with Crippen LogP contribution in [0.2, 0.25) is 0 Å². The molecule has 0 heterocycles. The lowest BCUT2D eigenvalue weighted by Gasteiger charge is -2.15. The van der Waals surface area contributed by atoms with E-state index in [4.69, 9.17) is 4.74 Å². The molecule has 0 aliphatic heterocycles. The Morgan fingerprint density at radius 1 is 1.38 bits per heavy atom. The number of rotatable bonds is 8. The molecule has 1 atom stereocenters. The topological polar surface area (TPSA) is 59.6 Å². The fourth-order valence-corrected chi connectivity index (χ4v) is 1.54. The Bertz CT molecular complexity index is 470. The summed E-state index contributed by atoms with van der Waals surface area (Å²) in [5.41, 5.74) is 0.144. The summed E-state index contributed by atoms with van der Waals surface area (Å²) in [6, 6.07) is 4.42. The van der Waals surface area contributed by atoms with Gasteiger partial charge >= 0.3 is 6.61 Å². The van der Waals surface area contributed by atoms with Crippen LogP contribution in [0.4, 0.5) is 14.5 Å². The summed E-state index contributed by atoms with van der Waals surface area (Å²) in [5.74, 6) is -0.0211. The van der Waals surface area contributed by atoms with E-state index in [-0.39, 0.29) is 29.9 Å².